The molecule has 0 aromatic rings. The number of hydrogen-bond donors (Lipinski definition) is 1. The molecule has 1 heterocycles. The van der Waals surface area contributed by atoms with E-state index < -0.39 is 12.1 Å². The molecular formula is C11H18N2O5. The lowest BCUT2D eigenvalue weighted by molar-refractivity contribution is -0.144. The van der Waals surface area contributed by atoms with Crippen LogP contribution in [0.1, 0.15) is 20.3 Å². The molecule has 1 N–H and O–H groups in total. The number of carboxylic acids is 1. The van der Waals surface area contributed by atoms with Crippen molar-refractivity contribution in [3.8, 4) is 0 Å². The summed E-state index contributed by atoms with van der Waals surface area (Å²) in [6.45, 7) is 4.61. The fourth-order valence-corrected chi connectivity index (χ4v) is 1.63. The summed E-state index contributed by atoms with van der Waals surface area (Å²) in [4.78, 5) is 29.3. The molecule has 7 heteroatoms. The van der Waals surface area contributed by atoms with Crippen molar-refractivity contribution >= 4 is 17.6 Å². The van der Waals surface area contributed by atoms with E-state index in [0.717, 1.165) is 0 Å². The Morgan fingerprint density at radius 2 is 2.28 bits per heavy atom. The van der Waals surface area contributed by atoms with Gasteiger partial charge in [-0.15, -0.1) is 0 Å². The third kappa shape index (κ3) is 3.43. The van der Waals surface area contributed by atoms with Crippen molar-refractivity contribution in [2.24, 2.45) is 5.16 Å². The van der Waals surface area contributed by atoms with E-state index in [0.29, 0.717) is 13.2 Å². The van der Waals surface area contributed by atoms with Crippen molar-refractivity contribution in [2.75, 3.05) is 20.3 Å². The Kier molecular flexibility index (Phi) is 5.08. The number of ether oxygens (including phenoxy) is 1. The monoisotopic (exact) mass is 258 g/mol. The molecule has 1 amide bonds. The number of carboxylic acid groups (broad SMARTS) is 1. The minimum Gasteiger partial charge on any atom is -0.477 e. The summed E-state index contributed by atoms with van der Waals surface area (Å²) in [6, 6.07) is -0.00914. The minimum absolute atomic E-state index is 0.00433. The lowest BCUT2D eigenvalue weighted by Gasteiger charge is -2.28. The minimum atomic E-state index is -1.15. The smallest absolute Gasteiger partial charge is 0.353 e. The number of amides is 1. The molecule has 1 unspecified atom stereocenters. The molecule has 0 radical (unpaired) electrons. The lowest BCUT2D eigenvalue weighted by Crippen LogP contribution is -2.45. The second-order valence-electron chi connectivity index (χ2n) is 4.26. The zero-order chi connectivity index (χ0) is 13.7. The van der Waals surface area contributed by atoms with Crippen LogP contribution in [0.25, 0.3) is 0 Å². The molecule has 0 aliphatic carbocycles. The molecule has 0 saturated heterocycles. The van der Waals surface area contributed by atoms with Gasteiger partial charge in [-0.25, -0.2) is 4.79 Å². The molecule has 0 bridgehead atoms. The van der Waals surface area contributed by atoms with Crippen LogP contribution in [0.4, 0.5) is 0 Å². The zero-order valence-electron chi connectivity index (χ0n) is 10.8. The van der Waals surface area contributed by atoms with Gasteiger partial charge in [-0.1, -0.05) is 5.16 Å². The molecule has 1 rings (SSSR count). The summed E-state index contributed by atoms with van der Waals surface area (Å²) in [5.74, 6) is -1.42. The van der Waals surface area contributed by atoms with Gasteiger partial charge in [0.1, 0.15) is 0 Å². The highest BCUT2D eigenvalue weighted by atomic mass is 16.6. The van der Waals surface area contributed by atoms with Crippen LogP contribution in [0.3, 0.4) is 0 Å². The maximum atomic E-state index is 12.1. The molecule has 0 spiro atoms. The first kappa shape index (κ1) is 14.4. The van der Waals surface area contributed by atoms with Gasteiger partial charge in [-0.05, 0) is 13.8 Å². The molecular weight excluding hydrogens is 240 g/mol. The van der Waals surface area contributed by atoms with E-state index in [1.54, 1.807) is 12.0 Å². The quantitative estimate of drug-likeness (QED) is 0.730. The SMILES string of the molecule is COCCN(C(=O)C1CC(C(=O)O)=NO1)C(C)C. The Bertz CT molecular complexity index is 353. The lowest BCUT2D eigenvalue weighted by atomic mass is 10.1. The first-order chi connectivity index (χ1) is 8.47. The second-order valence-corrected chi connectivity index (χ2v) is 4.26. The third-order valence-corrected chi connectivity index (χ3v) is 2.63. The summed E-state index contributed by atoms with van der Waals surface area (Å²) in [7, 11) is 1.56. The first-order valence-electron chi connectivity index (χ1n) is 5.72. The Balaban J connectivity index is 2.60. The number of oxime groups is 1. The molecule has 0 saturated carbocycles. The standard InChI is InChI=1S/C11H18N2O5/c1-7(2)13(4-5-17-3)10(14)9-6-8(11(15)16)12-18-9/h7,9H,4-6H2,1-3H3,(H,15,16). The van der Waals surface area contributed by atoms with E-state index in [4.69, 9.17) is 14.7 Å². The largest absolute Gasteiger partial charge is 0.477 e. The molecule has 1 aliphatic heterocycles. The Labute approximate surface area is 105 Å². The first-order valence-corrected chi connectivity index (χ1v) is 5.72. The average molecular weight is 258 g/mol. The zero-order valence-corrected chi connectivity index (χ0v) is 10.8. The van der Waals surface area contributed by atoms with Gasteiger partial charge in [0.2, 0.25) is 6.10 Å². The summed E-state index contributed by atoms with van der Waals surface area (Å²) in [5, 5.41) is 12.1. The van der Waals surface area contributed by atoms with Crippen molar-refractivity contribution in [3.05, 3.63) is 0 Å². The molecule has 18 heavy (non-hydrogen) atoms. The predicted octanol–water partition coefficient (Wildman–Crippen LogP) is 0.0993. The van der Waals surface area contributed by atoms with Crippen LogP contribution in [0.5, 0.6) is 0 Å². The number of carbonyl (C=O) groups is 2. The van der Waals surface area contributed by atoms with Gasteiger partial charge in [0.25, 0.3) is 5.91 Å². The van der Waals surface area contributed by atoms with E-state index in [2.05, 4.69) is 5.16 Å². The van der Waals surface area contributed by atoms with Crippen LogP contribution in [0.15, 0.2) is 5.16 Å². The summed E-state index contributed by atoms with van der Waals surface area (Å²) >= 11 is 0. The highest BCUT2D eigenvalue weighted by molar-refractivity contribution is 6.36. The summed E-state index contributed by atoms with van der Waals surface area (Å²) in [5.41, 5.74) is -0.121. The normalized spacial score (nSPS) is 18.4. The van der Waals surface area contributed by atoms with Crippen LogP contribution >= 0.6 is 0 Å². The number of rotatable bonds is 6. The molecule has 0 aromatic carbocycles. The molecule has 1 atom stereocenters. The Morgan fingerprint density at radius 3 is 2.72 bits per heavy atom. The van der Waals surface area contributed by atoms with Gasteiger partial charge in [-0.2, -0.15) is 0 Å². The predicted molar refractivity (Wildman–Crippen MR) is 63.3 cm³/mol. The average Bonchev–Trinajstić information content (AvgIpc) is 2.78. The van der Waals surface area contributed by atoms with E-state index in [9.17, 15) is 9.59 Å². The molecule has 102 valence electrons. The van der Waals surface area contributed by atoms with Crippen molar-refractivity contribution in [1.29, 1.82) is 0 Å². The second kappa shape index (κ2) is 6.34. The van der Waals surface area contributed by atoms with Gasteiger partial charge >= 0.3 is 5.97 Å². The fraction of sp³-hybridized carbons (Fsp3) is 0.727. The van der Waals surface area contributed by atoms with Gasteiger partial charge in [0.05, 0.1) is 6.61 Å². The highest BCUT2D eigenvalue weighted by Gasteiger charge is 2.35. The van der Waals surface area contributed by atoms with Gasteiger partial charge in [0.15, 0.2) is 5.71 Å². The van der Waals surface area contributed by atoms with E-state index >= 15 is 0 Å². The van der Waals surface area contributed by atoms with E-state index in [1.165, 1.54) is 0 Å². The number of aliphatic carboxylic acids is 1. The van der Waals surface area contributed by atoms with Crippen molar-refractivity contribution < 1.29 is 24.3 Å². The number of carbonyl (C=O) groups excluding carboxylic acids is 1. The number of methoxy groups -OCH3 is 1. The third-order valence-electron chi connectivity index (χ3n) is 2.63. The van der Waals surface area contributed by atoms with Gasteiger partial charge in [-0.3, -0.25) is 4.79 Å². The Hall–Kier alpha value is -1.63. The molecule has 0 fully saturated rings. The van der Waals surface area contributed by atoms with Gasteiger partial charge in [0, 0.05) is 26.1 Å². The van der Waals surface area contributed by atoms with Crippen molar-refractivity contribution in [3.63, 3.8) is 0 Å². The highest BCUT2D eigenvalue weighted by Crippen LogP contribution is 2.15. The number of nitrogens with zero attached hydrogens (tertiary/aromatic N) is 2. The number of hydrogen-bond acceptors (Lipinski definition) is 5. The molecule has 7 nitrogen and oxygen atoms in total. The molecule has 0 aromatic heterocycles. The maximum Gasteiger partial charge on any atom is 0.353 e. The molecule has 1 aliphatic rings. The van der Waals surface area contributed by atoms with Crippen LogP contribution in [-0.4, -0.2) is 60.0 Å². The van der Waals surface area contributed by atoms with E-state index in [-0.39, 0.29) is 24.1 Å². The van der Waals surface area contributed by atoms with Crippen LogP contribution in [0, 0.1) is 0 Å². The Morgan fingerprint density at radius 1 is 1.61 bits per heavy atom. The van der Waals surface area contributed by atoms with Crippen LogP contribution in [0.2, 0.25) is 0 Å². The van der Waals surface area contributed by atoms with Crippen LogP contribution < -0.4 is 0 Å². The summed E-state index contributed by atoms with van der Waals surface area (Å²) < 4.78 is 4.94. The van der Waals surface area contributed by atoms with Crippen LogP contribution in [-0.2, 0) is 19.2 Å². The van der Waals surface area contributed by atoms with Gasteiger partial charge < -0.3 is 19.6 Å². The summed E-state index contributed by atoms with van der Waals surface area (Å²) in [6.07, 6.45) is -0.833. The topological polar surface area (TPSA) is 88.4 Å². The van der Waals surface area contributed by atoms with Crippen molar-refractivity contribution in [2.45, 2.75) is 32.4 Å². The fourth-order valence-electron chi connectivity index (χ4n) is 1.63. The van der Waals surface area contributed by atoms with E-state index in [1.807, 2.05) is 13.8 Å². The maximum absolute atomic E-state index is 12.1. The van der Waals surface area contributed by atoms with Crippen molar-refractivity contribution in [1.82, 2.24) is 4.90 Å².